The Labute approximate surface area is 239 Å². The van der Waals surface area contributed by atoms with Crippen molar-refractivity contribution in [2.24, 2.45) is 0 Å². The molecule has 0 unspecified atom stereocenters. The molecule has 5 amide bonds. The van der Waals surface area contributed by atoms with Crippen LogP contribution in [0.5, 0.6) is 11.5 Å². The second-order valence-electron chi connectivity index (χ2n) is 8.71. The van der Waals surface area contributed by atoms with Crippen LogP contribution in [0.15, 0.2) is 66.2 Å². The molecular formula is C29H26IN3O6. The average molecular weight is 639 g/mol. The number of barbiturate groups is 1. The summed E-state index contributed by atoms with van der Waals surface area (Å²) in [6.45, 7) is 5.60. The van der Waals surface area contributed by atoms with Crippen LogP contribution in [0.3, 0.4) is 0 Å². The van der Waals surface area contributed by atoms with Gasteiger partial charge < -0.3 is 14.8 Å². The van der Waals surface area contributed by atoms with Crippen LogP contribution in [0.25, 0.3) is 6.08 Å². The number of nitrogens with one attached hydrogen (secondary N) is 2. The van der Waals surface area contributed by atoms with Crippen molar-refractivity contribution in [1.82, 2.24) is 5.32 Å². The lowest BCUT2D eigenvalue weighted by Crippen LogP contribution is -2.54. The van der Waals surface area contributed by atoms with Crippen molar-refractivity contribution >= 4 is 63.8 Å². The van der Waals surface area contributed by atoms with Crippen molar-refractivity contribution in [2.75, 3.05) is 23.4 Å². The van der Waals surface area contributed by atoms with E-state index >= 15 is 0 Å². The fourth-order valence-corrected chi connectivity index (χ4v) is 4.68. The van der Waals surface area contributed by atoms with Gasteiger partial charge in [-0.3, -0.25) is 19.7 Å². The molecule has 10 heteroatoms. The highest BCUT2D eigenvalue weighted by atomic mass is 127. The maximum atomic E-state index is 13.3. The highest BCUT2D eigenvalue weighted by Gasteiger charge is 2.37. The third-order valence-electron chi connectivity index (χ3n) is 5.78. The maximum absolute atomic E-state index is 13.3. The molecule has 1 aliphatic heterocycles. The maximum Gasteiger partial charge on any atom is 0.335 e. The molecule has 0 atom stereocenters. The molecule has 1 aliphatic rings. The highest BCUT2D eigenvalue weighted by Crippen LogP contribution is 2.35. The summed E-state index contributed by atoms with van der Waals surface area (Å²) in [6.07, 6.45) is 1.40. The van der Waals surface area contributed by atoms with E-state index in [1.807, 2.05) is 41.6 Å². The van der Waals surface area contributed by atoms with Gasteiger partial charge in [0.25, 0.3) is 17.7 Å². The van der Waals surface area contributed by atoms with E-state index in [2.05, 4.69) is 10.6 Å². The van der Waals surface area contributed by atoms with Crippen molar-refractivity contribution in [3.8, 4) is 11.5 Å². The van der Waals surface area contributed by atoms with E-state index in [0.717, 1.165) is 10.5 Å². The van der Waals surface area contributed by atoms with Gasteiger partial charge in [-0.05, 0) is 90.9 Å². The molecule has 1 heterocycles. The zero-order chi connectivity index (χ0) is 28.1. The lowest BCUT2D eigenvalue weighted by molar-refractivity contribution is -0.122. The Morgan fingerprint density at radius 3 is 2.44 bits per heavy atom. The number of hydrogen-bond donors (Lipinski definition) is 2. The number of imide groups is 2. The molecule has 39 heavy (non-hydrogen) atoms. The number of carbonyl (C=O) groups excluding carboxylic acids is 4. The quantitative estimate of drug-likeness (QED) is 0.204. The van der Waals surface area contributed by atoms with Gasteiger partial charge in [0.05, 0.1) is 15.9 Å². The number of ether oxygens (including phenoxy) is 2. The Bertz CT molecular complexity index is 1480. The van der Waals surface area contributed by atoms with E-state index in [1.54, 1.807) is 62.4 Å². The lowest BCUT2D eigenvalue weighted by Gasteiger charge is -2.27. The van der Waals surface area contributed by atoms with Crippen molar-refractivity contribution in [3.63, 3.8) is 0 Å². The van der Waals surface area contributed by atoms with E-state index in [-0.39, 0.29) is 18.1 Å². The topological polar surface area (TPSA) is 114 Å². The van der Waals surface area contributed by atoms with E-state index in [9.17, 15) is 19.2 Å². The minimum atomic E-state index is -0.811. The zero-order valence-corrected chi connectivity index (χ0v) is 23.7. The molecule has 3 aromatic carbocycles. The first-order valence-electron chi connectivity index (χ1n) is 12.1. The van der Waals surface area contributed by atoms with Gasteiger partial charge in [-0.25, -0.2) is 9.69 Å². The summed E-state index contributed by atoms with van der Waals surface area (Å²) in [7, 11) is 0. The third kappa shape index (κ3) is 6.45. The summed E-state index contributed by atoms with van der Waals surface area (Å²) < 4.78 is 12.2. The number of benzene rings is 3. The minimum Gasteiger partial charge on any atom is -0.490 e. The van der Waals surface area contributed by atoms with Gasteiger partial charge in [-0.15, -0.1) is 0 Å². The molecule has 0 spiro atoms. The molecule has 9 nitrogen and oxygen atoms in total. The average Bonchev–Trinajstić information content (AvgIpc) is 2.88. The smallest absolute Gasteiger partial charge is 0.335 e. The minimum absolute atomic E-state index is 0.206. The molecule has 200 valence electrons. The number of amides is 5. The molecule has 3 aromatic rings. The van der Waals surface area contributed by atoms with Crippen molar-refractivity contribution in [2.45, 2.75) is 20.8 Å². The zero-order valence-electron chi connectivity index (χ0n) is 21.5. The van der Waals surface area contributed by atoms with Crippen LogP contribution < -0.4 is 25.0 Å². The first-order chi connectivity index (χ1) is 18.7. The number of hydrogen-bond acceptors (Lipinski definition) is 6. The molecule has 0 aromatic heterocycles. The largest absolute Gasteiger partial charge is 0.490 e. The van der Waals surface area contributed by atoms with E-state index < -0.39 is 17.8 Å². The van der Waals surface area contributed by atoms with Crippen LogP contribution in [-0.2, 0) is 14.4 Å². The fraction of sp³-hybridized carbons (Fsp3) is 0.172. The number of rotatable bonds is 8. The van der Waals surface area contributed by atoms with E-state index in [4.69, 9.17) is 9.47 Å². The summed E-state index contributed by atoms with van der Waals surface area (Å²) in [6, 6.07) is 16.8. The Balaban J connectivity index is 1.58. The summed E-state index contributed by atoms with van der Waals surface area (Å²) in [5, 5.41) is 5.01. The third-order valence-corrected chi connectivity index (χ3v) is 6.58. The summed E-state index contributed by atoms with van der Waals surface area (Å²) in [5.74, 6) is -1.17. The van der Waals surface area contributed by atoms with Gasteiger partial charge in [-0.2, -0.15) is 0 Å². The van der Waals surface area contributed by atoms with Crippen LogP contribution in [0.1, 0.15) is 23.6 Å². The van der Waals surface area contributed by atoms with Gasteiger partial charge in [0.2, 0.25) is 0 Å². The van der Waals surface area contributed by atoms with Gasteiger partial charge in [0.1, 0.15) is 5.57 Å². The number of nitrogens with zero attached hydrogens (tertiary/aromatic N) is 1. The van der Waals surface area contributed by atoms with E-state index in [0.29, 0.717) is 44.2 Å². The SMILES string of the molecule is CCOc1cc(/C=C2\C(=O)NC(=O)N(c3ccccc3C)C2=O)cc(I)c1OCC(=O)Nc1ccc(C)cc1. The molecule has 0 saturated carbocycles. The van der Waals surface area contributed by atoms with Crippen molar-refractivity contribution in [1.29, 1.82) is 0 Å². The first kappa shape index (κ1) is 27.8. The van der Waals surface area contributed by atoms with Crippen LogP contribution in [0.4, 0.5) is 16.2 Å². The van der Waals surface area contributed by atoms with Gasteiger partial charge in [0.15, 0.2) is 18.1 Å². The predicted octanol–water partition coefficient (Wildman–Crippen LogP) is 4.99. The Hall–Kier alpha value is -4.19. The van der Waals surface area contributed by atoms with Gasteiger partial charge in [0, 0.05) is 5.69 Å². The molecular weight excluding hydrogens is 613 g/mol. The second kappa shape index (κ2) is 12.1. The van der Waals surface area contributed by atoms with Gasteiger partial charge in [-0.1, -0.05) is 35.9 Å². The van der Waals surface area contributed by atoms with Gasteiger partial charge >= 0.3 is 6.03 Å². The Morgan fingerprint density at radius 2 is 1.74 bits per heavy atom. The summed E-state index contributed by atoms with van der Waals surface area (Å²) >= 11 is 2.04. The number of para-hydroxylation sites is 1. The Morgan fingerprint density at radius 1 is 1.03 bits per heavy atom. The van der Waals surface area contributed by atoms with Crippen LogP contribution in [0.2, 0.25) is 0 Å². The molecule has 1 fully saturated rings. The lowest BCUT2D eigenvalue weighted by atomic mass is 10.1. The fourth-order valence-electron chi connectivity index (χ4n) is 3.90. The monoisotopic (exact) mass is 639 g/mol. The Kier molecular flexibility index (Phi) is 8.65. The van der Waals surface area contributed by atoms with E-state index in [1.165, 1.54) is 6.08 Å². The predicted molar refractivity (Wildman–Crippen MR) is 156 cm³/mol. The van der Waals surface area contributed by atoms with Crippen molar-refractivity contribution < 1.29 is 28.7 Å². The number of anilines is 2. The number of urea groups is 1. The highest BCUT2D eigenvalue weighted by molar-refractivity contribution is 14.1. The molecule has 4 rings (SSSR count). The number of halogens is 1. The van der Waals surface area contributed by atoms with Crippen molar-refractivity contribution in [3.05, 3.63) is 86.5 Å². The second-order valence-corrected chi connectivity index (χ2v) is 9.87. The molecule has 0 radical (unpaired) electrons. The number of aryl methyl sites for hydroxylation is 2. The first-order valence-corrected chi connectivity index (χ1v) is 13.2. The molecule has 2 N–H and O–H groups in total. The summed E-state index contributed by atoms with van der Waals surface area (Å²) in [4.78, 5) is 51.9. The van der Waals surface area contributed by atoms with Crippen LogP contribution >= 0.6 is 22.6 Å². The number of carbonyl (C=O) groups is 4. The normalized spacial score (nSPS) is 14.3. The van der Waals surface area contributed by atoms with Crippen LogP contribution in [-0.4, -0.2) is 37.0 Å². The molecule has 1 saturated heterocycles. The molecule has 0 aliphatic carbocycles. The summed E-state index contributed by atoms with van der Waals surface area (Å²) in [5.41, 5.74) is 3.10. The van der Waals surface area contributed by atoms with Crippen LogP contribution in [0, 0.1) is 17.4 Å². The molecule has 0 bridgehead atoms. The standard InChI is InChI=1S/C29H26IN3O6/c1-4-38-24-15-19(14-22(30)26(24)39-16-25(34)31-20-11-9-17(2)10-12-20)13-21-27(35)32-29(37)33(28(21)36)23-8-6-5-7-18(23)3/h5-15H,4,16H2,1-3H3,(H,31,34)(H,32,35,37)/b21-13+.